The number of para-hydroxylation sites is 1. The normalized spacial score (nSPS) is 13.8. The third-order valence-electron chi connectivity index (χ3n) is 5.48. The van der Waals surface area contributed by atoms with E-state index in [-0.39, 0.29) is 11.5 Å². The number of aromatic nitrogens is 2. The van der Waals surface area contributed by atoms with E-state index in [0.717, 1.165) is 5.56 Å². The summed E-state index contributed by atoms with van der Waals surface area (Å²) in [7, 11) is 0. The van der Waals surface area contributed by atoms with Gasteiger partial charge in [0.15, 0.2) is 5.82 Å². The minimum atomic E-state index is -0.192. The number of nitrogens with one attached hydrogen (secondary N) is 1. The van der Waals surface area contributed by atoms with Crippen LogP contribution < -0.4 is 11.0 Å². The van der Waals surface area contributed by atoms with Crippen LogP contribution in [0.1, 0.15) is 10.4 Å². The average molecular weight is 426 g/mol. The third-order valence-corrected chi connectivity index (χ3v) is 5.48. The summed E-state index contributed by atoms with van der Waals surface area (Å²) in [6, 6.07) is 24.0. The van der Waals surface area contributed by atoms with Crippen molar-refractivity contribution in [1.82, 2.24) is 14.6 Å². The summed E-state index contributed by atoms with van der Waals surface area (Å²) in [4.78, 5) is 32.5. The first-order valence-electron chi connectivity index (χ1n) is 10.5. The molecule has 0 radical (unpaired) electrons. The van der Waals surface area contributed by atoms with E-state index in [4.69, 9.17) is 9.72 Å². The molecule has 1 aliphatic heterocycles. The molecule has 1 fully saturated rings. The SMILES string of the molecule is O=C(c1ccc(Nn2c(-c3ccccc3)nc3ccccc3c2=O)cc1)N1CCOCC1. The van der Waals surface area contributed by atoms with Gasteiger partial charge in [0.1, 0.15) is 0 Å². The van der Waals surface area contributed by atoms with Gasteiger partial charge in [-0.2, -0.15) is 0 Å². The topological polar surface area (TPSA) is 76.5 Å². The van der Waals surface area contributed by atoms with Gasteiger partial charge in [-0.3, -0.25) is 15.0 Å². The first-order valence-corrected chi connectivity index (χ1v) is 10.5. The quantitative estimate of drug-likeness (QED) is 0.541. The molecule has 1 saturated heterocycles. The number of carbonyl (C=O) groups is 1. The molecule has 1 aromatic heterocycles. The summed E-state index contributed by atoms with van der Waals surface area (Å²) in [5.74, 6) is 0.497. The zero-order chi connectivity index (χ0) is 21.9. The Morgan fingerprint density at radius 1 is 0.875 bits per heavy atom. The summed E-state index contributed by atoms with van der Waals surface area (Å²) >= 11 is 0. The highest BCUT2D eigenvalue weighted by molar-refractivity contribution is 5.94. The van der Waals surface area contributed by atoms with Crippen LogP contribution in [0.2, 0.25) is 0 Å². The first-order chi connectivity index (χ1) is 15.7. The van der Waals surface area contributed by atoms with Gasteiger partial charge in [0.05, 0.1) is 29.8 Å². The summed E-state index contributed by atoms with van der Waals surface area (Å²) in [5, 5.41) is 0.527. The molecule has 5 rings (SSSR count). The summed E-state index contributed by atoms with van der Waals surface area (Å²) in [6.45, 7) is 2.31. The predicted molar refractivity (Wildman–Crippen MR) is 124 cm³/mol. The van der Waals surface area contributed by atoms with Crippen molar-refractivity contribution in [3.63, 3.8) is 0 Å². The molecule has 1 amide bonds. The van der Waals surface area contributed by atoms with Crippen molar-refractivity contribution >= 4 is 22.5 Å². The molecule has 0 unspecified atom stereocenters. The molecular weight excluding hydrogens is 404 g/mol. The van der Waals surface area contributed by atoms with Gasteiger partial charge in [-0.05, 0) is 36.4 Å². The van der Waals surface area contributed by atoms with Crippen molar-refractivity contribution in [1.29, 1.82) is 0 Å². The number of morpholine rings is 1. The first kappa shape index (κ1) is 20.0. The van der Waals surface area contributed by atoms with E-state index < -0.39 is 0 Å². The molecule has 4 aromatic rings. The molecule has 0 spiro atoms. The molecule has 0 atom stereocenters. The smallest absolute Gasteiger partial charge is 0.280 e. The highest BCUT2D eigenvalue weighted by atomic mass is 16.5. The van der Waals surface area contributed by atoms with Crippen LogP contribution in [0.25, 0.3) is 22.3 Å². The van der Waals surface area contributed by atoms with Gasteiger partial charge in [0, 0.05) is 24.2 Å². The van der Waals surface area contributed by atoms with Crippen molar-refractivity contribution in [2.24, 2.45) is 0 Å². The number of hydrogen-bond donors (Lipinski definition) is 1. The molecule has 0 aliphatic carbocycles. The Labute approximate surface area is 184 Å². The number of carbonyl (C=O) groups excluding carboxylic acids is 1. The Morgan fingerprint density at radius 3 is 2.31 bits per heavy atom. The minimum absolute atomic E-state index is 0.0191. The second kappa shape index (κ2) is 8.64. The Hall–Kier alpha value is -3.97. The van der Waals surface area contributed by atoms with Crippen LogP contribution >= 0.6 is 0 Å². The lowest BCUT2D eigenvalue weighted by Gasteiger charge is -2.26. The van der Waals surface area contributed by atoms with Crippen LogP contribution in [0.15, 0.2) is 83.7 Å². The fourth-order valence-electron chi connectivity index (χ4n) is 3.78. The van der Waals surface area contributed by atoms with E-state index in [2.05, 4.69) is 5.43 Å². The Balaban J connectivity index is 1.50. The average Bonchev–Trinajstić information content (AvgIpc) is 2.87. The fraction of sp³-hybridized carbons (Fsp3) is 0.160. The van der Waals surface area contributed by atoms with Gasteiger partial charge in [0.25, 0.3) is 11.5 Å². The lowest BCUT2D eigenvalue weighted by atomic mass is 10.1. The number of hydrogen-bond acceptors (Lipinski definition) is 5. The molecule has 7 heteroatoms. The Morgan fingerprint density at radius 2 is 1.56 bits per heavy atom. The number of nitrogens with zero attached hydrogens (tertiary/aromatic N) is 3. The maximum atomic E-state index is 13.3. The largest absolute Gasteiger partial charge is 0.378 e. The molecule has 2 heterocycles. The van der Waals surface area contributed by atoms with Crippen LogP contribution in [-0.2, 0) is 4.74 Å². The molecule has 160 valence electrons. The number of benzene rings is 3. The lowest BCUT2D eigenvalue weighted by Crippen LogP contribution is -2.40. The van der Waals surface area contributed by atoms with Crippen molar-refractivity contribution in [2.75, 3.05) is 31.7 Å². The van der Waals surface area contributed by atoms with Crippen molar-refractivity contribution in [2.45, 2.75) is 0 Å². The van der Waals surface area contributed by atoms with Crippen LogP contribution in [0.4, 0.5) is 5.69 Å². The van der Waals surface area contributed by atoms with E-state index in [1.807, 2.05) is 48.5 Å². The Kier molecular flexibility index (Phi) is 5.39. The number of rotatable bonds is 4. The predicted octanol–water partition coefficient (Wildman–Crippen LogP) is 3.41. The van der Waals surface area contributed by atoms with Crippen molar-refractivity contribution in [3.05, 3.63) is 94.8 Å². The highest BCUT2D eigenvalue weighted by Crippen LogP contribution is 2.20. The molecule has 7 nitrogen and oxygen atoms in total. The zero-order valence-electron chi connectivity index (χ0n) is 17.4. The van der Waals surface area contributed by atoms with Crippen LogP contribution in [-0.4, -0.2) is 46.8 Å². The van der Waals surface area contributed by atoms with Crippen LogP contribution in [0.3, 0.4) is 0 Å². The van der Waals surface area contributed by atoms with Gasteiger partial charge < -0.3 is 9.64 Å². The molecule has 1 N–H and O–H groups in total. The third kappa shape index (κ3) is 3.86. The summed E-state index contributed by atoms with van der Waals surface area (Å²) in [5.41, 5.74) is 5.73. The highest BCUT2D eigenvalue weighted by Gasteiger charge is 2.18. The minimum Gasteiger partial charge on any atom is -0.378 e. The molecule has 32 heavy (non-hydrogen) atoms. The van der Waals surface area contributed by atoms with Gasteiger partial charge in [-0.15, -0.1) is 0 Å². The summed E-state index contributed by atoms with van der Waals surface area (Å²) in [6.07, 6.45) is 0. The molecule has 1 aliphatic rings. The van der Waals surface area contributed by atoms with Crippen molar-refractivity contribution in [3.8, 4) is 11.4 Å². The number of anilines is 1. The monoisotopic (exact) mass is 426 g/mol. The maximum Gasteiger partial charge on any atom is 0.280 e. The second-order valence-corrected chi connectivity index (χ2v) is 7.55. The molecule has 0 saturated carbocycles. The molecule has 3 aromatic carbocycles. The number of amides is 1. The van der Waals surface area contributed by atoms with E-state index in [0.29, 0.717) is 54.3 Å². The van der Waals surface area contributed by atoms with Crippen molar-refractivity contribution < 1.29 is 9.53 Å². The van der Waals surface area contributed by atoms with Gasteiger partial charge in [-0.1, -0.05) is 42.5 Å². The van der Waals surface area contributed by atoms with E-state index in [1.165, 1.54) is 4.68 Å². The lowest BCUT2D eigenvalue weighted by molar-refractivity contribution is 0.0303. The van der Waals surface area contributed by atoms with Gasteiger partial charge in [0.2, 0.25) is 0 Å². The fourth-order valence-corrected chi connectivity index (χ4v) is 3.78. The van der Waals surface area contributed by atoms with E-state index in [1.54, 1.807) is 35.2 Å². The van der Waals surface area contributed by atoms with E-state index in [9.17, 15) is 9.59 Å². The van der Waals surface area contributed by atoms with E-state index >= 15 is 0 Å². The molecular formula is C25H22N4O3. The second-order valence-electron chi connectivity index (χ2n) is 7.55. The zero-order valence-corrected chi connectivity index (χ0v) is 17.4. The maximum absolute atomic E-state index is 13.3. The summed E-state index contributed by atoms with van der Waals surface area (Å²) < 4.78 is 6.77. The van der Waals surface area contributed by atoms with Gasteiger partial charge >= 0.3 is 0 Å². The van der Waals surface area contributed by atoms with Crippen LogP contribution in [0.5, 0.6) is 0 Å². The number of ether oxygens (including phenoxy) is 1. The standard InChI is InChI=1S/C25H22N4O3/c30-24(28-14-16-32-17-15-28)19-10-12-20(13-11-19)27-29-23(18-6-2-1-3-7-18)26-22-9-5-4-8-21(22)25(29)31/h1-13,27H,14-17H2. The van der Waals surface area contributed by atoms with Crippen LogP contribution in [0, 0.1) is 0 Å². The van der Waals surface area contributed by atoms with Gasteiger partial charge in [-0.25, -0.2) is 9.66 Å². The molecule has 0 bridgehead atoms. The Bertz CT molecular complexity index is 1310. The number of fused-ring (bicyclic) bond motifs is 1.